The molecule has 1 amide bonds. The first-order valence-electron chi connectivity index (χ1n) is 8.81. The molecule has 0 heterocycles. The van der Waals surface area contributed by atoms with E-state index in [1.54, 1.807) is 18.2 Å². The molecule has 11 heteroatoms. The van der Waals surface area contributed by atoms with Crippen molar-refractivity contribution < 1.29 is 17.9 Å². The van der Waals surface area contributed by atoms with Crippen LogP contribution in [0, 0.1) is 18.3 Å². The second-order valence-corrected chi connectivity index (χ2v) is 8.64. The molecular weight excluding hydrogens is 486 g/mol. The number of hydrogen-bond donors (Lipinski definition) is 3. The summed E-state index contributed by atoms with van der Waals surface area (Å²) in [6, 6.07) is 11.1. The number of carbonyl (C=O) groups is 1. The number of aryl methyl sites for hydroxylation is 1. The van der Waals surface area contributed by atoms with Crippen LogP contribution in [0.15, 0.2) is 63.5 Å². The van der Waals surface area contributed by atoms with E-state index in [2.05, 4.69) is 43.1 Å². The molecule has 0 bridgehead atoms. The lowest BCUT2D eigenvalue weighted by molar-refractivity contribution is -0.114. The van der Waals surface area contributed by atoms with Crippen LogP contribution in [0.5, 0.6) is 5.75 Å². The Kier molecular flexibility index (Phi) is 8.18. The molecule has 2 aromatic rings. The summed E-state index contributed by atoms with van der Waals surface area (Å²) in [5, 5.41) is 15.3. The van der Waals surface area contributed by atoms with Crippen molar-refractivity contribution in [2.24, 2.45) is 5.10 Å². The molecule has 0 saturated carbocycles. The molecule has 0 aliphatic rings. The Morgan fingerprint density at radius 1 is 1.32 bits per heavy atom. The number of benzene rings is 2. The molecule has 0 aliphatic carbocycles. The van der Waals surface area contributed by atoms with Crippen LogP contribution < -0.4 is 20.2 Å². The van der Waals surface area contributed by atoms with Gasteiger partial charge in [0, 0.05) is 11.0 Å². The molecule has 2 rings (SSSR count). The van der Waals surface area contributed by atoms with Crippen LogP contribution in [0.25, 0.3) is 0 Å². The van der Waals surface area contributed by atoms with Crippen LogP contribution in [0.4, 0.5) is 11.4 Å². The second kappa shape index (κ2) is 10.6. The monoisotopic (exact) mass is 505 g/mol. The zero-order valence-corrected chi connectivity index (χ0v) is 19.2. The predicted octanol–water partition coefficient (Wildman–Crippen LogP) is 3.16. The molecule has 0 aliphatic heterocycles. The van der Waals surface area contributed by atoms with E-state index in [0.29, 0.717) is 10.2 Å². The summed E-state index contributed by atoms with van der Waals surface area (Å²) in [6.45, 7) is 5.48. The topological polar surface area (TPSA) is 133 Å². The fraction of sp³-hybridized carbons (Fsp3) is 0.150. The third-order valence-corrected chi connectivity index (χ3v) is 5.92. The van der Waals surface area contributed by atoms with E-state index in [-0.39, 0.29) is 22.9 Å². The van der Waals surface area contributed by atoms with E-state index >= 15 is 0 Å². The van der Waals surface area contributed by atoms with Crippen molar-refractivity contribution in [3.63, 3.8) is 0 Å². The lowest BCUT2D eigenvalue weighted by Crippen LogP contribution is -2.30. The zero-order valence-electron chi connectivity index (χ0n) is 16.8. The summed E-state index contributed by atoms with van der Waals surface area (Å²) >= 11 is 3.32. The zero-order chi connectivity index (χ0) is 23.0. The summed E-state index contributed by atoms with van der Waals surface area (Å²) < 4.78 is 34.3. The fourth-order valence-corrected chi connectivity index (χ4v) is 4.11. The van der Waals surface area contributed by atoms with Gasteiger partial charge in [-0.25, -0.2) is 8.42 Å². The van der Waals surface area contributed by atoms with Crippen molar-refractivity contribution in [3.8, 4) is 11.8 Å². The summed E-state index contributed by atoms with van der Waals surface area (Å²) in [7, 11) is -2.69. The lowest BCUT2D eigenvalue weighted by atomic mass is 10.2. The number of rotatable bonds is 9. The highest BCUT2D eigenvalue weighted by atomic mass is 79.9. The van der Waals surface area contributed by atoms with Gasteiger partial charge in [-0.15, -0.1) is 6.58 Å². The molecule has 0 aromatic heterocycles. The van der Waals surface area contributed by atoms with Crippen LogP contribution in [-0.4, -0.2) is 33.7 Å². The summed E-state index contributed by atoms with van der Waals surface area (Å²) in [5.74, 6) is -0.586. The maximum atomic E-state index is 13.0. The number of hydrazone groups is 1. The number of amides is 1. The van der Waals surface area contributed by atoms with Gasteiger partial charge in [0.25, 0.3) is 15.9 Å². The van der Waals surface area contributed by atoms with Gasteiger partial charge in [-0.1, -0.05) is 12.1 Å². The smallest absolute Gasteiger partial charge is 0.282 e. The van der Waals surface area contributed by atoms with Crippen molar-refractivity contribution in [1.29, 1.82) is 5.26 Å². The van der Waals surface area contributed by atoms with Crippen LogP contribution in [0.3, 0.4) is 0 Å². The molecular formula is C20H20BrN5O4S. The molecule has 0 atom stereocenters. The molecule has 0 unspecified atom stereocenters. The molecule has 0 fully saturated rings. The van der Waals surface area contributed by atoms with Crippen LogP contribution in [-0.2, 0) is 14.8 Å². The third-order valence-electron chi connectivity index (χ3n) is 3.84. The maximum Gasteiger partial charge on any atom is 0.282 e. The number of halogens is 1. The van der Waals surface area contributed by atoms with Gasteiger partial charge in [0.2, 0.25) is 5.71 Å². The number of carbonyl (C=O) groups excluding carboxylic acids is 1. The Bertz CT molecular complexity index is 1170. The first kappa shape index (κ1) is 23.9. The van der Waals surface area contributed by atoms with Gasteiger partial charge < -0.3 is 10.1 Å². The minimum atomic E-state index is -4.04. The first-order valence-corrected chi connectivity index (χ1v) is 11.1. The van der Waals surface area contributed by atoms with Crippen molar-refractivity contribution in [2.75, 3.05) is 23.8 Å². The van der Waals surface area contributed by atoms with E-state index < -0.39 is 21.6 Å². The van der Waals surface area contributed by atoms with Gasteiger partial charge in [0.1, 0.15) is 16.7 Å². The molecule has 3 N–H and O–H groups in total. The third kappa shape index (κ3) is 6.31. The molecule has 0 radical (unpaired) electrons. The number of nitrogens with one attached hydrogen (secondary N) is 3. The maximum absolute atomic E-state index is 13.0. The van der Waals surface area contributed by atoms with Gasteiger partial charge >= 0.3 is 0 Å². The summed E-state index contributed by atoms with van der Waals surface area (Å²) in [4.78, 5) is 11.7. The van der Waals surface area contributed by atoms with Crippen molar-refractivity contribution in [1.82, 2.24) is 5.32 Å². The van der Waals surface area contributed by atoms with E-state index in [1.807, 2.05) is 13.0 Å². The Morgan fingerprint density at radius 2 is 2.06 bits per heavy atom. The highest BCUT2D eigenvalue weighted by Gasteiger charge is 2.21. The number of sulfonamides is 1. The number of hydrogen-bond acceptors (Lipinski definition) is 7. The van der Waals surface area contributed by atoms with Crippen LogP contribution in [0.2, 0.25) is 0 Å². The van der Waals surface area contributed by atoms with Gasteiger partial charge in [-0.3, -0.25) is 14.9 Å². The Morgan fingerprint density at radius 3 is 2.71 bits per heavy atom. The second-order valence-electron chi connectivity index (χ2n) is 6.14. The van der Waals surface area contributed by atoms with E-state index in [9.17, 15) is 13.2 Å². The van der Waals surface area contributed by atoms with Crippen molar-refractivity contribution in [3.05, 3.63) is 59.1 Å². The number of anilines is 2. The largest absolute Gasteiger partial charge is 0.495 e. The molecule has 31 heavy (non-hydrogen) atoms. The minimum absolute atomic E-state index is 0.107. The molecule has 2 aromatic carbocycles. The van der Waals surface area contributed by atoms with Crippen LogP contribution in [0.1, 0.15) is 5.56 Å². The van der Waals surface area contributed by atoms with Crippen LogP contribution >= 0.6 is 15.9 Å². The highest BCUT2D eigenvalue weighted by Crippen LogP contribution is 2.31. The quantitative estimate of drug-likeness (QED) is 0.272. The molecule has 0 saturated heterocycles. The summed E-state index contributed by atoms with van der Waals surface area (Å²) in [6.07, 6.45) is 1.46. The average molecular weight is 506 g/mol. The average Bonchev–Trinajstić information content (AvgIpc) is 2.74. The Balaban J connectivity index is 2.36. The number of nitriles is 1. The van der Waals surface area contributed by atoms with E-state index in [1.165, 1.54) is 31.4 Å². The van der Waals surface area contributed by atoms with E-state index in [4.69, 9.17) is 10.00 Å². The lowest BCUT2D eigenvalue weighted by Gasteiger charge is -2.14. The van der Waals surface area contributed by atoms with Gasteiger partial charge in [0.05, 0.1) is 18.5 Å². The first-order chi connectivity index (χ1) is 14.7. The van der Waals surface area contributed by atoms with Gasteiger partial charge in [-0.05, 0) is 58.7 Å². The van der Waals surface area contributed by atoms with Gasteiger partial charge in [0.15, 0.2) is 0 Å². The van der Waals surface area contributed by atoms with Gasteiger partial charge in [-0.2, -0.15) is 10.4 Å². The molecule has 0 spiro atoms. The summed E-state index contributed by atoms with van der Waals surface area (Å²) in [5.41, 5.74) is 3.56. The molecule has 9 nitrogen and oxygen atoms in total. The number of nitrogens with zero attached hydrogens (tertiary/aromatic N) is 2. The van der Waals surface area contributed by atoms with E-state index in [0.717, 1.165) is 5.56 Å². The normalized spacial score (nSPS) is 11.2. The standard InChI is InChI=1S/C20H20BrN5O4S/c1-4-9-23-20(27)17(12-22)25-24-14-6-8-18(30-3)19(11-14)31(28,29)26-16-10-13(2)5-7-15(16)21/h4-8,10-11,24,26H,1,9H2,2-3H3,(H,23,27)/b25-17+. The number of methoxy groups -OCH3 is 1. The Labute approximate surface area is 189 Å². The van der Waals surface area contributed by atoms with Crippen molar-refractivity contribution in [2.45, 2.75) is 11.8 Å². The highest BCUT2D eigenvalue weighted by molar-refractivity contribution is 9.10. The molecule has 162 valence electrons. The van der Waals surface area contributed by atoms with Crippen molar-refractivity contribution >= 4 is 48.9 Å². The fourth-order valence-electron chi connectivity index (χ4n) is 2.37. The Hall–Kier alpha value is -3.36. The minimum Gasteiger partial charge on any atom is -0.495 e. The predicted molar refractivity (Wildman–Crippen MR) is 123 cm³/mol. The number of ether oxygens (including phenoxy) is 1. The SMILES string of the molecule is C=CCNC(=O)/C(C#N)=N/Nc1ccc(OC)c(S(=O)(=O)Nc2cc(C)ccc2Br)c1.